The molecule has 72 valence electrons. The first-order valence-corrected chi connectivity index (χ1v) is 6.61. The summed E-state index contributed by atoms with van der Waals surface area (Å²) in [6.45, 7) is 0. The molecular weight excluding hydrogens is 254 g/mol. The van der Waals surface area contributed by atoms with Crippen molar-refractivity contribution in [3.63, 3.8) is 0 Å². The minimum absolute atomic E-state index is 0.154. The fraction of sp³-hybridized carbons (Fsp3) is 0.375. The molecule has 0 aliphatic carbocycles. The average molecular weight is 264 g/mol. The quantitative estimate of drug-likeness (QED) is 0.829. The van der Waals surface area contributed by atoms with Gasteiger partial charge in [-0.25, -0.2) is 8.42 Å². The van der Waals surface area contributed by atoms with Crippen LogP contribution in [0, 0.1) is 0 Å². The highest BCUT2D eigenvalue weighted by atomic mass is 79.9. The van der Waals surface area contributed by atoms with Gasteiger partial charge in [-0.15, -0.1) is 0 Å². The molecule has 0 unspecified atom stereocenters. The number of pyridine rings is 1. The van der Waals surface area contributed by atoms with Gasteiger partial charge in [0.1, 0.15) is 9.84 Å². The topological polar surface area (TPSA) is 47.0 Å². The number of halogens is 1. The Balaban J connectivity index is 2.61. The van der Waals surface area contributed by atoms with Crippen LogP contribution in [0.1, 0.15) is 5.69 Å². The van der Waals surface area contributed by atoms with Gasteiger partial charge < -0.3 is 0 Å². The van der Waals surface area contributed by atoms with Gasteiger partial charge in [0.15, 0.2) is 0 Å². The van der Waals surface area contributed by atoms with Gasteiger partial charge in [-0.3, -0.25) is 4.98 Å². The molecule has 3 nitrogen and oxygen atoms in total. The molecule has 0 saturated carbocycles. The van der Waals surface area contributed by atoms with Crippen molar-refractivity contribution in [2.45, 2.75) is 6.42 Å². The van der Waals surface area contributed by atoms with Gasteiger partial charge in [0, 0.05) is 29.0 Å². The Kier molecular flexibility index (Phi) is 3.44. The predicted molar refractivity (Wildman–Crippen MR) is 55.4 cm³/mol. The molecule has 0 aliphatic rings. The Morgan fingerprint density at radius 1 is 1.46 bits per heavy atom. The summed E-state index contributed by atoms with van der Waals surface area (Å²) >= 11 is 3.26. The molecule has 0 radical (unpaired) electrons. The molecule has 0 bridgehead atoms. The van der Waals surface area contributed by atoms with E-state index >= 15 is 0 Å². The summed E-state index contributed by atoms with van der Waals surface area (Å²) in [6, 6.07) is 3.67. The minimum atomic E-state index is -2.88. The fourth-order valence-corrected chi connectivity index (χ4v) is 1.66. The molecule has 1 rings (SSSR count). The van der Waals surface area contributed by atoms with Crippen molar-refractivity contribution >= 4 is 25.8 Å². The largest absolute Gasteiger partial charge is 0.260 e. The van der Waals surface area contributed by atoms with Crippen LogP contribution in [0.5, 0.6) is 0 Å². The molecule has 1 aromatic heterocycles. The van der Waals surface area contributed by atoms with Crippen molar-refractivity contribution in [1.82, 2.24) is 4.98 Å². The standard InChI is InChI=1S/C8H10BrNO2S/c1-13(11,12)5-4-8-3-2-7(9)6-10-8/h2-3,6H,4-5H2,1H3. The van der Waals surface area contributed by atoms with Crippen molar-refractivity contribution in [2.75, 3.05) is 12.0 Å². The summed E-state index contributed by atoms with van der Waals surface area (Å²) in [5.74, 6) is 0.154. The molecule has 0 amide bonds. The highest BCUT2D eigenvalue weighted by Gasteiger charge is 2.03. The highest BCUT2D eigenvalue weighted by Crippen LogP contribution is 2.07. The molecule has 13 heavy (non-hydrogen) atoms. The zero-order valence-electron chi connectivity index (χ0n) is 7.20. The Morgan fingerprint density at radius 2 is 2.15 bits per heavy atom. The lowest BCUT2D eigenvalue weighted by Gasteiger charge is -1.98. The lowest BCUT2D eigenvalue weighted by molar-refractivity contribution is 0.601. The lowest BCUT2D eigenvalue weighted by Crippen LogP contribution is -2.06. The van der Waals surface area contributed by atoms with Crippen LogP contribution in [0.2, 0.25) is 0 Å². The van der Waals surface area contributed by atoms with E-state index in [1.807, 2.05) is 12.1 Å². The second-order valence-corrected chi connectivity index (χ2v) is 6.02. The summed E-state index contributed by atoms with van der Waals surface area (Å²) < 4.78 is 22.6. The second kappa shape index (κ2) is 4.19. The maximum atomic E-state index is 10.8. The van der Waals surface area contributed by atoms with Crippen LogP contribution in [0.15, 0.2) is 22.8 Å². The van der Waals surface area contributed by atoms with Crippen molar-refractivity contribution in [1.29, 1.82) is 0 Å². The van der Waals surface area contributed by atoms with E-state index in [1.54, 1.807) is 6.20 Å². The summed E-state index contributed by atoms with van der Waals surface area (Å²) in [6.07, 6.45) is 3.37. The second-order valence-electron chi connectivity index (χ2n) is 2.85. The third-order valence-electron chi connectivity index (χ3n) is 1.52. The molecular formula is C8H10BrNO2S. The van der Waals surface area contributed by atoms with E-state index in [-0.39, 0.29) is 5.75 Å². The molecule has 0 spiro atoms. The van der Waals surface area contributed by atoms with Crippen LogP contribution in [-0.4, -0.2) is 25.4 Å². The van der Waals surface area contributed by atoms with Crippen LogP contribution in [-0.2, 0) is 16.3 Å². The Labute approximate surface area is 86.2 Å². The lowest BCUT2D eigenvalue weighted by atomic mass is 10.3. The maximum Gasteiger partial charge on any atom is 0.147 e. The van der Waals surface area contributed by atoms with Gasteiger partial charge in [0.2, 0.25) is 0 Å². The molecule has 5 heteroatoms. The Morgan fingerprint density at radius 3 is 2.62 bits per heavy atom. The van der Waals surface area contributed by atoms with Gasteiger partial charge in [0.05, 0.1) is 5.75 Å². The molecule has 0 saturated heterocycles. The minimum Gasteiger partial charge on any atom is -0.260 e. The monoisotopic (exact) mass is 263 g/mol. The van der Waals surface area contributed by atoms with Crippen molar-refractivity contribution < 1.29 is 8.42 Å². The number of aromatic nitrogens is 1. The van der Waals surface area contributed by atoms with Gasteiger partial charge >= 0.3 is 0 Å². The van der Waals surface area contributed by atoms with Crippen LogP contribution < -0.4 is 0 Å². The van der Waals surface area contributed by atoms with Gasteiger partial charge in [-0.05, 0) is 28.1 Å². The molecule has 0 atom stereocenters. The van der Waals surface area contributed by atoms with E-state index < -0.39 is 9.84 Å². The van der Waals surface area contributed by atoms with Gasteiger partial charge in [0.25, 0.3) is 0 Å². The van der Waals surface area contributed by atoms with Gasteiger partial charge in [-0.1, -0.05) is 0 Å². The van der Waals surface area contributed by atoms with Crippen LogP contribution in [0.4, 0.5) is 0 Å². The number of aryl methyl sites for hydroxylation is 1. The zero-order chi connectivity index (χ0) is 9.90. The number of sulfone groups is 1. The first kappa shape index (κ1) is 10.7. The van der Waals surface area contributed by atoms with Gasteiger partial charge in [-0.2, -0.15) is 0 Å². The van der Waals surface area contributed by atoms with Crippen molar-refractivity contribution in [3.05, 3.63) is 28.5 Å². The smallest absolute Gasteiger partial charge is 0.147 e. The normalized spacial score (nSPS) is 11.5. The van der Waals surface area contributed by atoms with E-state index in [0.717, 1.165) is 10.2 Å². The molecule has 0 fully saturated rings. The third kappa shape index (κ3) is 4.38. The molecule has 1 aromatic rings. The first-order valence-electron chi connectivity index (χ1n) is 3.75. The number of hydrogen-bond donors (Lipinski definition) is 0. The zero-order valence-corrected chi connectivity index (χ0v) is 9.60. The highest BCUT2D eigenvalue weighted by molar-refractivity contribution is 9.10. The van der Waals surface area contributed by atoms with Crippen LogP contribution in [0.3, 0.4) is 0 Å². The summed E-state index contributed by atoms with van der Waals surface area (Å²) in [5, 5.41) is 0. The summed E-state index contributed by atoms with van der Waals surface area (Å²) in [4.78, 5) is 4.07. The third-order valence-corrected chi connectivity index (χ3v) is 2.93. The average Bonchev–Trinajstić information content (AvgIpc) is 2.02. The van der Waals surface area contributed by atoms with Crippen LogP contribution >= 0.6 is 15.9 Å². The van der Waals surface area contributed by atoms with Crippen molar-refractivity contribution in [3.8, 4) is 0 Å². The van der Waals surface area contributed by atoms with E-state index in [2.05, 4.69) is 20.9 Å². The maximum absolute atomic E-state index is 10.8. The van der Waals surface area contributed by atoms with E-state index in [4.69, 9.17) is 0 Å². The first-order chi connectivity index (χ1) is 5.97. The number of nitrogens with zero attached hydrogens (tertiary/aromatic N) is 1. The fourth-order valence-electron chi connectivity index (χ4n) is 0.844. The Hall–Kier alpha value is -0.420. The molecule has 1 heterocycles. The number of hydrogen-bond acceptors (Lipinski definition) is 3. The Bertz CT molecular complexity index is 372. The predicted octanol–water partition coefficient (Wildman–Crippen LogP) is 1.43. The molecule has 0 aliphatic heterocycles. The van der Waals surface area contributed by atoms with Crippen LogP contribution in [0.25, 0.3) is 0 Å². The molecule has 0 aromatic carbocycles. The number of rotatable bonds is 3. The summed E-state index contributed by atoms with van der Waals surface area (Å²) in [7, 11) is -2.88. The van der Waals surface area contributed by atoms with E-state index in [0.29, 0.717) is 6.42 Å². The SMILES string of the molecule is CS(=O)(=O)CCc1ccc(Br)cn1. The van der Waals surface area contributed by atoms with E-state index in [9.17, 15) is 8.42 Å². The summed E-state index contributed by atoms with van der Waals surface area (Å²) in [5.41, 5.74) is 0.800. The van der Waals surface area contributed by atoms with Crippen molar-refractivity contribution in [2.24, 2.45) is 0 Å². The van der Waals surface area contributed by atoms with E-state index in [1.165, 1.54) is 6.26 Å². The molecule has 0 N–H and O–H groups in total.